The van der Waals surface area contributed by atoms with Gasteiger partial charge in [-0.3, -0.25) is 0 Å². The highest BCUT2D eigenvalue weighted by Gasteiger charge is 2.18. The molecule has 0 amide bonds. The summed E-state index contributed by atoms with van der Waals surface area (Å²) in [5.74, 6) is 0. The SMILES string of the molecule is Cc1cccc(C(N)=S)c1NCC1CN(C)CCO1. The molecule has 3 N–H and O–H groups in total. The van der Waals surface area contributed by atoms with Crippen molar-refractivity contribution in [2.45, 2.75) is 13.0 Å². The van der Waals surface area contributed by atoms with Crippen molar-refractivity contribution in [3.05, 3.63) is 29.3 Å². The molecule has 1 aromatic carbocycles. The summed E-state index contributed by atoms with van der Waals surface area (Å²) in [5, 5.41) is 3.43. The van der Waals surface area contributed by atoms with Crippen molar-refractivity contribution >= 4 is 22.9 Å². The lowest BCUT2D eigenvalue weighted by atomic mass is 10.1. The van der Waals surface area contributed by atoms with Crippen LogP contribution in [0.1, 0.15) is 11.1 Å². The van der Waals surface area contributed by atoms with Gasteiger partial charge in [0.05, 0.1) is 12.7 Å². The number of morpholine rings is 1. The third-order valence-corrected chi connectivity index (χ3v) is 3.61. The zero-order valence-corrected chi connectivity index (χ0v) is 12.3. The molecule has 19 heavy (non-hydrogen) atoms. The fourth-order valence-electron chi connectivity index (χ4n) is 2.31. The summed E-state index contributed by atoms with van der Waals surface area (Å²) in [7, 11) is 2.11. The number of para-hydroxylation sites is 1. The summed E-state index contributed by atoms with van der Waals surface area (Å²) in [6, 6.07) is 5.98. The summed E-state index contributed by atoms with van der Waals surface area (Å²) in [5.41, 5.74) is 8.84. The summed E-state index contributed by atoms with van der Waals surface area (Å²) in [6.45, 7) is 5.56. The largest absolute Gasteiger partial charge is 0.389 e. The van der Waals surface area contributed by atoms with E-state index in [0.29, 0.717) is 4.99 Å². The van der Waals surface area contributed by atoms with E-state index in [2.05, 4.69) is 30.3 Å². The topological polar surface area (TPSA) is 50.5 Å². The summed E-state index contributed by atoms with van der Waals surface area (Å²) < 4.78 is 5.74. The monoisotopic (exact) mass is 279 g/mol. The average Bonchev–Trinajstić information content (AvgIpc) is 2.37. The normalized spacial score (nSPS) is 20.2. The molecule has 1 unspecified atom stereocenters. The fraction of sp³-hybridized carbons (Fsp3) is 0.500. The molecule has 2 rings (SSSR count). The molecule has 1 aliphatic heterocycles. The van der Waals surface area contributed by atoms with Crippen molar-refractivity contribution in [3.63, 3.8) is 0 Å². The molecule has 0 bridgehead atoms. The van der Waals surface area contributed by atoms with E-state index in [9.17, 15) is 0 Å². The average molecular weight is 279 g/mol. The maximum absolute atomic E-state index is 5.77. The van der Waals surface area contributed by atoms with Crippen LogP contribution in [0.5, 0.6) is 0 Å². The second-order valence-electron chi connectivity index (χ2n) is 5.00. The van der Waals surface area contributed by atoms with Crippen molar-refractivity contribution in [1.82, 2.24) is 4.90 Å². The number of nitrogens with two attached hydrogens (primary N) is 1. The molecule has 1 aliphatic rings. The molecule has 104 valence electrons. The predicted octanol–water partition coefficient (Wildman–Crippen LogP) is 1.37. The first kappa shape index (κ1) is 14.2. The van der Waals surface area contributed by atoms with E-state index in [1.54, 1.807) is 0 Å². The molecule has 1 saturated heterocycles. The van der Waals surface area contributed by atoms with Crippen molar-refractivity contribution in [3.8, 4) is 0 Å². The number of ether oxygens (including phenoxy) is 1. The molecule has 0 saturated carbocycles. The zero-order chi connectivity index (χ0) is 13.8. The summed E-state index contributed by atoms with van der Waals surface area (Å²) in [4.78, 5) is 2.70. The van der Waals surface area contributed by atoms with E-state index in [1.807, 2.05) is 12.1 Å². The second kappa shape index (κ2) is 6.32. The number of likely N-dealkylation sites (N-methyl/N-ethyl adjacent to an activating group) is 1. The number of benzene rings is 1. The lowest BCUT2D eigenvalue weighted by Gasteiger charge is -2.30. The quantitative estimate of drug-likeness (QED) is 0.815. The fourth-order valence-corrected chi connectivity index (χ4v) is 2.48. The Morgan fingerprint density at radius 2 is 2.37 bits per heavy atom. The van der Waals surface area contributed by atoms with Crippen LogP contribution in [0.3, 0.4) is 0 Å². The third-order valence-electron chi connectivity index (χ3n) is 3.39. The lowest BCUT2D eigenvalue weighted by molar-refractivity contribution is -0.0117. The van der Waals surface area contributed by atoms with Crippen LogP contribution in [0.15, 0.2) is 18.2 Å². The molecule has 0 aromatic heterocycles. The molecular weight excluding hydrogens is 258 g/mol. The van der Waals surface area contributed by atoms with Gasteiger partial charge in [0.2, 0.25) is 0 Å². The first-order chi connectivity index (χ1) is 9.08. The van der Waals surface area contributed by atoms with Gasteiger partial charge in [0.15, 0.2) is 0 Å². The maximum atomic E-state index is 5.77. The van der Waals surface area contributed by atoms with Gasteiger partial charge in [0.25, 0.3) is 0 Å². The minimum atomic E-state index is 0.206. The first-order valence-corrected chi connectivity index (χ1v) is 6.92. The van der Waals surface area contributed by atoms with Gasteiger partial charge in [0, 0.05) is 30.9 Å². The van der Waals surface area contributed by atoms with E-state index in [1.165, 1.54) is 0 Å². The molecule has 4 nitrogen and oxygen atoms in total. The van der Waals surface area contributed by atoms with E-state index in [4.69, 9.17) is 22.7 Å². The van der Waals surface area contributed by atoms with Gasteiger partial charge >= 0.3 is 0 Å². The number of rotatable bonds is 4. The molecule has 1 aromatic rings. The number of thiocarbonyl (C=S) groups is 1. The molecule has 1 atom stereocenters. The molecular formula is C14H21N3OS. The highest BCUT2D eigenvalue weighted by atomic mass is 32.1. The van der Waals surface area contributed by atoms with Gasteiger partial charge in [-0.15, -0.1) is 0 Å². The standard InChI is InChI=1S/C14H21N3OS/c1-10-4-3-5-12(14(15)19)13(10)16-8-11-9-17(2)6-7-18-11/h3-5,11,16H,6-9H2,1-2H3,(H2,15,19). The Morgan fingerprint density at radius 3 is 3.05 bits per heavy atom. The molecule has 0 spiro atoms. The van der Waals surface area contributed by atoms with Gasteiger partial charge in [0.1, 0.15) is 4.99 Å². The van der Waals surface area contributed by atoms with Crippen LogP contribution in [0, 0.1) is 6.92 Å². The first-order valence-electron chi connectivity index (χ1n) is 6.51. The van der Waals surface area contributed by atoms with Crippen molar-refractivity contribution in [2.75, 3.05) is 38.6 Å². The van der Waals surface area contributed by atoms with E-state index in [0.717, 1.165) is 43.1 Å². The van der Waals surface area contributed by atoms with Crippen LogP contribution >= 0.6 is 12.2 Å². The maximum Gasteiger partial charge on any atom is 0.106 e. The van der Waals surface area contributed by atoms with Gasteiger partial charge in [-0.2, -0.15) is 0 Å². The van der Waals surface area contributed by atoms with Crippen LogP contribution in [-0.2, 0) is 4.74 Å². The smallest absolute Gasteiger partial charge is 0.106 e. The Labute approximate surface area is 119 Å². The molecule has 5 heteroatoms. The molecule has 0 radical (unpaired) electrons. The highest BCUT2D eigenvalue weighted by Crippen LogP contribution is 2.20. The Hall–Kier alpha value is -1.17. The van der Waals surface area contributed by atoms with Gasteiger partial charge in [-0.1, -0.05) is 24.4 Å². The Kier molecular flexibility index (Phi) is 4.74. The number of aryl methyl sites for hydroxylation is 1. The molecule has 0 aliphatic carbocycles. The van der Waals surface area contributed by atoms with Crippen LogP contribution in [0.25, 0.3) is 0 Å². The summed E-state index contributed by atoms with van der Waals surface area (Å²) in [6.07, 6.45) is 0.206. The van der Waals surface area contributed by atoms with Crippen LogP contribution in [-0.4, -0.2) is 49.3 Å². The van der Waals surface area contributed by atoms with Gasteiger partial charge in [-0.05, 0) is 25.6 Å². The highest BCUT2D eigenvalue weighted by molar-refractivity contribution is 7.80. The molecule has 1 fully saturated rings. The van der Waals surface area contributed by atoms with Gasteiger partial charge in [-0.25, -0.2) is 0 Å². The Balaban J connectivity index is 2.04. The van der Waals surface area contributed by atoms with E-state index in [-0.39, 0.29) is 6.10 Å². The van der Waals surface area contributed by atoms with E-state index < -0.39 is 0 Å². The zero-order valence-electron chi connectivity index (χ0n) is 11.5. The van der Waals surface area contributed by atoms with Crippen molar-refractivity contribution in [1.29, 1.82) is 0 Å². The number of nitrogens with zero attached hydrogens (tertiary/aromatic N) is 1. The number of anilines is 1. The van der Waals surface area contributed by atoms with Crippen LogP contribution in [0.4, 0.5) is 5.69 Å². The Morgan fingerprint density at radius 1 is 1.58 bits per heavy atom. The summed E-state index contributed by atoms with van der Waals surface area (Å²) >= 11 is 5.10. The third kappa shape index (κ3) is 3.65. The van der Waals surface area contributed by atoms with E-state index >= 15 is 0 Å². The molecule has 1 heterocycles. The Bertz CT molecular complexity index is 464. The minimum Gasteiger partial charge on any atom is -0.389 e. The van der Waals surface area contributed by atoms with Crippen LogP contribution in [0.2, 0.25) is 0 Å². The number of hydrogen-bond donors (Lipinski definition) is 2. The second-order valence-corrected chi connectivity index (χ2v) is 5.44. The predicted molar refractivity (Wildman–Crippen MR) is 82.8 cm³/mol. The van der Waals surface area contributed by atoms with Crippen molar-refractivity contribution < 1.29 is 4.74 Å². The van der Waals surface area contributed by atoms with Crippen molar-refractivity contribution in [2.24, 2.45) is 5.73 Å². The van der Waals surface area contributed by atoms with Gasteiger partial charge < -0.3 is 20.7 Å². The number of nitrogens with one attached hydrogen (secondary N) is 1. The lowest BCUT2D eigenvalue weighted by Crippen LogP contribution is -2.43. The van der Waals surface area contributed by atoms with Crippen LogP contribution < -0.4 is 11.1 Å². The minimum absolute atomic E-state index is 0.206. The number of hydrogen-bond acceptors (Lipinski definition) is 4.